The molecule has 0 spiro atoms. The van der Waals surface area contributed by atoms with Crippen molar-refractivity contribution >= 4 is 40.4 Å². The van der Waals surface area contributed by atoms with Gasteiger partial charge in [0.25, 0.3) is 0 Å². The highest BCUT2D eigenvalue weighted by atomic mass is 35.5. The lowest BCUT2D eigenvalue weighted by atomic mass is 10.3. The van der Waals surface area contributed by atoms with Gasteiger partial charge >= 0.3 is 0 Å². The van der Waals surface area contributed by atoms with Crippen LogP contribution < -0.4 is 5.32 Å². The summed E-state index contributed by atoms with van der Waals surface area (Å²) >= 11 is 10.9. The van der Waals surface area contributed by atoms with Crippen molar-refractivity contribution in [3.05, 3.63) is 41.6 Å². The number of nitrogens with one attached hydrogen (secondary N) is 1. The smallest absolute Gasteiger partial charge is 0.177 e. The van der Waals surface area contributed by atoms with E-state index in [1.807, 2.05) is 12.1 Å². The topological polar surface area (TPSA) is 32.3 Å². The summed E-state index contributed by atoms with van der Waals surface area (Å²) in [6, 6.07) is 7.21. The normalized spacial score (nSPS) is 14.3. The van der Waals surface area contributed by atoms with E-state index in [0.717, 1.165) is 5.69 Å². The number of rotatable bonds is 1. The van der Waals surface area contributed by atoms with Gasteiger partial charge in [-0.15, -0.1) is 0 Å². The zero-order chi connectivity index (χ0) is 11.5. The number of hydrogen-bond acceptors (Lipinski definition) is 2. The Bertz CT molecular complexity index is 456. The lowest BCUT2D eigenvalue weighted by molar-refractivity contribution is -0.113. The van der Waals surface area contributed by atoms with Gasteiger partial charge in [-0.3, -0.25) is 4.79 Å². The average Bonchev–Trinajstić information content (AvgIpc) is 2.68. The number of thiocarbonyl (C=S) groups is 1. The van der Waals surface area contributed by atoms with Crippen molar-refractivity contribution < 1.29 is 4.79 Å². The zero-order valence-electron chi connectivity index (χ0n) is 8.31. The molecule has 0 radical (unpaired) electrons. The third-order valence-corrected chi connectivity index (χ3v) is 2.71. The highest BCUT2D eigenvalue weighted by Crippen LogP contribution is 2.14. The van der Waals surface area contributed by atoms with Crippen LogP contribution in [0.3, 0.4) is 0 Å². The summed E-state index contributed by atoms with van der Waals surface area (Å²) in [5.41, 5.74) is 0.849. The molecule has 0 bridgehead atoms. The molecule has 5 heteroatoms. The second-order valence-corrected chi connectivity index (χ2v) is 4.17. The molecule has 0 unspecified atom stereocenters. The Labute approximate surface area is 104 Å². The lowest BCUT2D eigenvalue weighted by Gasteiger charge is -2.17. The molecule has 82 valence electrons. The number of anilines is 1. The standard InChI is InChI=1S/C11H9ClN2OS/c12-8-1-3-9(4-2-8)13-11(16)14-6-5-10(15)7-14/h1-6H,7H2,(H,13,16). The Hall–Kier alpha value is -1.39. The molecular weight excluding hydrogens is 244 g/mol. The van der Waals surface area contributed by atoms with Crippen LogP contribution in [0.4, 0.5) is 5.69 Å². The molecule has 0 aromatic heterocycles. The maximum atomic E-state index is 11.0. The van der Waals surface area contributed by atoms with Gasteiger partial charge in [0.1, 0.15) is 0 Å². The molecule has 0 saturated carbocycles. The predicted octanol–water partition coefficient (Wildman–Crippen LogP) is 2.44. The van der Waals surface area contributed by atoms with Crippen molar-refractivity contribution in [1.82, 2.24) is 4.90 Å². The summed E-state index contributed by atoms with van der Waals surface area (Å²) < 4.78 is 0. The van der Waals surface area contributed by atoms with Crippen LogP contribution in [0.25, 0.3) is 0 Å². The Morgan fingerprint density at radius 3 is 2.62 bits per heavy atom. The van der Waals surface area contributed by atoms with Gasteiger partial charge in [0.2, 0.25) is 0 Å². The maximum absolute atomic E-state index is 11.0. The Balaban J connectivity index is 2.00. The van der Waals surface area contributed by atoms with Crippen molar-refractivity contribution in [3.63, 3.8) is 0 Å². The van der Waals surface area contributed by atoms with Crippen LogP contribution in [0.2, 0.25) is 5.02 Å². The SMILES string of the molecule is O=C1C=CN(C(=S)Nc2ccc(Cl)cc2)C1. The van der Waals surface area contributed by atoms with Gasteiger partial charge in [-0.25, -0.2) is 0 Å². The van der Waals surface area contributed by atoms with Gasteiger partial charge in [0, 0.05) is 16.9 Å². The van der Waals surface area contributed by atoms with Crippen LogP contribution in [-0.2, 0) is 4.79 Å². The molecule has 0 amide bonds. The number of carbonyl (C=O) groups is 1. The average molecular weight is 253 g/mol. The second-order valence-electron chi connectivity index (χ2n) is 3.35. The van der Waals surface area contributed by atoms with E-state index in [-0.39, 0.29) is 5.78 Å². The summed E-state index contributed by atoms with van der Waals surface area (Å²) in [6.45, 7) is 0.305. The first-order valence-electron chi connectivity index (χ1n) is 4.69. The Morgan fingerprint density at radius 2 is 2.06 bits per heavy atom. The molecule has 3 nitrogen and oxygen atoms in total. The molecule has 1 aliphatic heterocycles. The number of carbonyl (C=O) groups excluding carboxylic acids is 1. The van der Waals surface area contributed by atoms with Gasteiger partial charge in [0.15, 0.2) is 10.9 Å². The maximum Gasteiger partial charge on any atom is 0.177 e. The van der Waals surface area contributed by atoms with Crippen LogP contribution in [0.15, 0.2) is 36.5 Å². The van der Waals surface area contributed by atoms with E-state index in [4.69, 9.17) is 23.8 Å². The van der Waals surface area contributed by atoms with Gasteiger partial charge in [-0.2, -0.15) is 0 Å². The van der Waals surface area contributed by atoms with Gasteiger partial charge in [-0.05, 0) is 42.6 Å². The third-order valence-electron chi connectivity index (χ3n) is 2.12. The molecule has 1 aromatic rings. The fourth-order valence-corrected chi connectivity index (χ4v) is 1.68. The molecule has 0 atom stereocenters. The number of nitrogens with zero attached hydrogens (tertiary/aromatic N) is 1. The van der Waals surface area contributed by atoms with Crippen LogP contribution in [-0.4, -0.2) is 22.3 Å². The summed E-state index contributed by atoms with van der Waals surface area (Å²) in [5.74, 6) is 0.0558. The first kappa shape index (κ1) is 11.1. The second kappa shape index (κ2) is 4.63. The van der Waals surface area contributed by atoms with Gasteiger partial charge in [0.05, 0.1) is 6.54 Å². The van der Waals surface area contributed by atoms with E-state index in [9.17, 15) is 4.79 Å². The van der Waals surface area contributed by atoms with E-state index in [2.05, 4.69) is 5.32 Å². The van der Waals surface area contributed by atoms with Gasteiger partial charge in [-0.1, -0.05) is 11.6 Å². The van der Waals surface area contributed by atoms with E-state index in [1.54, 1.807) is 23.2 Å². The van der Waals surface area contributed by atoms with Crippen molar-refractivity contribution in [1.29, 1.82) is 0 Å². The molecule has 1 N–H and O–H groups in total. The monoisotopic (exact) mass is 252 g/mol. The molecule has 0 saturated heterocycles. The molecule has 0 fully saturated rings. The fraction of sp³-hybridized carbons (Fsp3) is 0.0909. The summed E-state index contributed by atoms with van der Waals surface area (Å²) in [5, 5.41) is 4.20. The summed E-state index contributed by atoms with van der Waals surface area (Å²) in [6.07, 6.45) is 3.18. The number of hydrogen-bond donors (Lipinski definition) is 1. The highest BCUT2D eigenvalue weighted by molar-refractivity contribution is 7.80. The quantitative estimate of drug-likeness (QED) is 0.778. The van der Waals surface area contributed by atoms with E-state index in [0.29, 0.717) is 16.7 Å². The van der Waals surface area contributed by atoms with Crippen molar-refractivity contribution in [2.24, 2.45) is 0 Å². The molecule has 2 rings (SSSR count). The molecule has 1 heterocycles. The summed E-state index contributed by atoms with van der Waals surface area (Å²) in [7, 11) is 0. The van der Waals surface area contributed by atoms with Crippen LogP contribution >= 0.6 is 23.8 Å². The van der Waals surface area contributed by atoms with Crippen LogP contribution in [0.1, 0.15) is 0 Å². The molecule has 1 aliphatic rings. The van der Waals surface area contributed by atoms with E-state index in [1.165, 1.54) is 6.08 Å². The molecule has 1 aromatic carbocycles. The molecule has 16 heavy (non-hydrogen) atoms. The number of ketones is 1. The van der Waals surface area contributed by atoms with E-state index < -0.39 is 0 Å². The highest BCUT2D eigenvalue weighted by Gasteiger charge is 2.15. The van der Waals surface area contributed by atoms with Crippen molar-refractivity contribution in [2.75, 3.05) is 11.9 Å². The Morgan fingerprint density at radius 1 is 1.38 bits per heavy atom. The largest absolute Gasteiger partial charge is 0.332 e. The van der Waals surface area contributed by atoms with E-state index >= 15 is 0 Å². The summed E-state index contributed by atoms with van der Waals surface area (Å²) in [4.78, 5) is 12.7. The van der Waals surface area contributed by atoms with Crippen LogP contribution in [0, 0.1) is 0 Å². The van der Waals surface area contributed by atoms with Gasteiger partial charge < -0.3 is 10.2 Å². The Kier molecular flexibility index (Phi) is 3.22. The van der Waals surface area contributed by atoms with Crippen molar-refractivity contribution in [2.45, 2.75) is 0 Å². The lowest BCUT2D eigenvalue weighted by Crippen LogP contribution is -2.30. The minimum Gasteiger partial charge on any atom is -0.332 e. The van der Waals surface area contributed by atoms with Crippen LogP contribution in [0.5, 0.6) is 0 Å². The molecule has 0 aliphatic carbocycles. The fourth-order valence-electron chi connectivity index (χ4n) is 1.31. The zero-order valence-corrected chi connectivity index (χ0v) is 9.89. The minimum absolute atomic E-state index is 0.0558. The minimum atomic E-state index is 0.0558. The van der Waals surface area contributed by atoms with Crippen molar-refractivity contribution in [3.8, 4) is 0 Å². The first-order valence-corrected chi connectivity index (χ1v) is 5.48. The predicted molar refractivity (Wildman–Crippen MR) is 68.5 cm³/mol. The molecular formula is C11H9ClN2OS. The third kappa shape index (κ3) is 2.59. The first-order chi connectivity index (χ1) is 7.65. The number of benzene rings is 1. The number of halogens is 1.